The number of nitrogens with zero attached hydrogens (tertiary/aromatic N) is 1. The predicted molar refractivity (Wildman–Crippen MR) is 95.0 cm³/mol. The van der Waals surface area contributed by atoms with Crippen LogP contribution in [-0.4, -0.2) is 48.8 Å². The van der Waals surface area contributed by atoms with Gasteiger partial charge < -0.3 is 15.0 Å². The van der Waals surface area contributed by atoms with Crippen molar-refractivity contribution < 1.29 is 14.3 Å². The van der Waals surface area contributed by atoms with E-state index in [1.54, 1.807) is 23.1 Å². The van der Waals surface area contributed by atoms with Crippen molar-refractivity contribution in [2.75, 3.05) is 26.1 Å². The maximum atomic E-state index is 12.7. The Morgan fingerprint density at radius 3 is 2.67 bits per heavy atom. The summed E-state index contributed by atoms with van der Waals surface area (Å²) in [6, 6.07) is 5.13. The molecule has 1 aromatic rings. The van der Waals surface area contributed by atoms with Crippen molar-refractivity contribution in [1.29, 1.82) is 0 Å². The number of amides is 2. The lowest BCUT2D eigenvalue weighted by Gasteiger charge is -2.32. The first-order valence-corrected chi connectivity index (χ1v) is 8.94. The third kappa shape index (κ3) is 5.02. The summed E-state index contributed by atoms with van der Waals surface area (Å²) < 4.78 is 5.25. The van der Waals surface area contributed by atoms with Crippen molar-refractivity contribution in [1.82, 2.24) is 10.2 Å². The van der Waals surface area contributed by atoms with Gasteiger partial charge in [-0.25, -0.2) is 0 Å². The minimum Gasteiger partial charge on any atom is -0.496 e. The molecule has 0 aliphatic carbocycles. The third-order valence-electron chi connectivity index (χ3n) is 4.08. The van der Waals surface area contributed by atoms with E-state index in [0.717, 1.165) is 12.8 Å². The van der Waals surface area contributed by atoms with Crippen LogP contribution in [0.1, 0.15) is 36.0 Å². The van der Waals surface area contributed by atoms with E-state index >= 15 is 0 Å². The molecule has 1 aliphatic heterocycles. The summed E-state index contributed by atoms with van der Waals surface area (Å²) in [6.07, 6.45) is 2.60. The molecule has 0 atom stereocenters. The van der Waals surface area contributed by atoms with Crippen LogP contribution in [0.15, 0.2) is 18.2 Å². The van der Waals surface area contributed by atoms with Gasteiger partial charge in [-0.3, -0.25) is 9.59 Å². The third-order valence-corrected chi connectivity index (χ3v) is 4.58. The lowest BCUT2D eigenvalue weighted by atomic mass is 10.0. The SMILES string of the molecule is COc1ccc(Cl)cc1C(=O)N1CCC(NC(=O)CCCCl)CC1. The highest BCUT2D eigenvalue weighted by atomic mass is 35.5. The van der Waals surface area contributed by atoms with Gasteiger partial charge in [0.05, 0.1) is 12.7 Å². The number of rotatable bonds is 6. The van der Waals surface area contributed by atoms with E-state index in [9.17, 15) is 9.59 Å². The van der Waals surface area contributed by atoms with Gasteiger partial charge in [-0.05, 0) is 37.5 Å². The van der Waals surface area contributed by atoms with E-state index in [0.29, 0.717) is 48.1 Å². The van der Waals surface area contributed by atoms with E-state index in [1.165, 1.54) is 7.11 Å². The van der Waals surface area contributed by atoms with Gasteiger partial charge in [0.1, 0.15) is 5.75 Å². The van der Waals surface area contributed by atoms with Crippen LogP contribution in [0.25, 0.3) is 0 Å². The number of halogens is 2. The number of hydrogen-bond acceptors (Lipinski definition) is 3. The van der Waals surface area contributed by atoms with Crippen molar-refractivity contribution in [3.63, 3.8) is 0 Å². The first-order valence-electron chi connectivity index (χ1n) is 8.03. The molecule has 7 heteroatoms. The van der Waals surface area contributed by atoms with Crippen molar-refractivity contribution in [3.8, 4) is 5.75 Å². The number of nitrogens with one attached hydrogen (secondary N) is 1. The van der Waals surface area contributed by atoms with Gasteiger partial charge in [-0.15, -0.1) is 11.6 Å². The van der Waals surface area contributed by atoms with Crippen molar-refractivity contribution >= 4 is 35.0 Å². The van der Waals surface area contributed by atoms with E-state index in [-0.39, 0.29) is 17.9 Å². The molecule has 0 unspecified atom stereocenters. The van der Waals surface area contributed by atoms with Crippen molar-refractivity contribution in [2.24, 2.45) is 0 Å². The molecule has 1 aliphatic rings. The summed E-state index contributed by atoms with van der Waals surface area (Å²) in [5, 5.41) is 3.50. The molecular formula is C17H22Cl2N2O3. The number of methoxy groups -OCH3 is 1. The molecule has 2 rings (SSSR count). The highest BCUT2D eigenvalue weighted by molar-refractivity contribution is 6.31. The van der Waals surface area contributed by atoms with Gasteiger partial charge in [0.25, 0.3) is 5.91 Å². The molecule has 5 nitrogen and oxygen atoms in total. The molecule has 1 heterocycles. The second kappa shape index (κ2) is 9.14. The zero-order valence-corrected chi connectivity index (χ0v) is 15.2. The molecule has 1 N–H and O–H groups in total. The summed E-state index contributed by atoms with van der Waals surface area (Å²) in [6.45, 7) is 1.18. The Morgan fingerprint density at radius 1 is 1.33 bits per heavy atom. The number of likely N-dealkylation sites (tertiary alicyclic amines) is 1. The van der Waals surface area contributed by atoms with Gasteiger partial charge in [0.2, 0.25) is 5.91 Å². The average molecular weight is 373 g/mol. The molecule has 132 valence electrons. The van der Waals surface area contributed by atoms with Gasteiger partial charge in [-0.1, -0.05) is 11.6 Å². The lowest BCUT2D eigenvalue weighted by Crippen LogP contribution is -2.46. The summed E-state index contributed by atoms with van der Waals surface area (Å²) in [7, 11) is 1.53. The number of hydrogen-bond donors (Lipinski definition) is 1. The first-order chi connectivity index (χ1) is 11.5. The van der Waals surface area contributed by atoms with Crippen LogP contribution >= 0.6 is 23.2 Å². The quantitative estimate of drug-likeness (QED) is 0.780. The number of benzene rings is 1. The number of piperidine rings is 1. The lowest BCUT2D eigenvalue weighted by molar-refractivity contribution is -0.122. The zero-order chi connectivity index (χ0) is 17.5. The Bertz CT molecular complexity index is 587. The summed E-state index contributed by atoms with van der Waals surface area (Å²) in [5.41, 5.74) is 0.467. The fraction of sp³-hybridized carbons (Fsp3) is 0.529. The molecule has 2 amide bonds. The Hall–Kier alpha value is -1.46. The monoisotopic (exact) mass is 372 g/mol. The molecule has 24 heavy (non-hydrogen) atoms. The highest BCUT2D eigenvalue weighted by Crippen LogP contribution is 2.25. The van der Waals surface area contributed by atoms with Crippen LogP contribution in [0.5, 0.6) is 5.75 Å². The smallest absolute Gasteiger partial charge is 0.257 e. The van der Waals surface area contributed by atoms with Crippen molar-refractivity contribution in [2.45, 2.75) is 31.7 Å². The van der Waals surface area contributed by atoms with Crippen molar-refractivity contribution in [3.05, 3.63) is 28.8 Å². The summed E-state index contributed by atoms with van der Waals surface area (Å²) >= 11 is 11.6. The van der Waals surface area contributed by atoms with Crippen LogP contribution in [0.2, 0.25) is 5.02 Å². The van der Waals surface area contributed by atoms with E-state index in [4.69, 9.17) is 27.9 Å². The van der Waals surface area contributed by atoms with Crippen LogP contribution < -0.4 is 10.1 Å². The summed E-state index contributed by atoms with van der Waals surface area (Å²) in [5.74, 6) is 0.932. The van der Waals surface area contributed by atoms with Crippen LogP contribution in [0.4, 0.5) is 0 Å². The molecule has 0 radical (unpaired) electrons. The molecule has 0 bridgehead atoms. The van der Waals surface area contributed by atoms with Gasteiger partial charge in [-0.2, -0.15) is 0 Å². The molecule has 0 saturated carbocycles. The fourth-order valence-electron chi connectivity index (χ4n) is 2.77. The van der Waals surface area contributed by atoms with E-state index in [2.05, 4.69) is 5.32 Å². The Morgan fingerprint density at radius 2 is 2.04 bits per heavy atom. The molecule has 0 aromatic heterocycles. The highest BCUT2D eigenvalue weighted by Gasteiger charge is 2.26. The Balaban J connectivity index is 1.91. The second-order valence-corrected chi connectivity index (χ2v) is 6.59. The maximum absolute atomic E-state index is 12.7. The second-order valence-electron chi connectivity index (χ2n) is 5.77. The molecule has 1 saturated heterocycles. The zero-order valence-electron chi connectivity index (χ0n) is 13.7. The average Bonchev–Trinajstić information content (AvgIpc) is 2.60. The van der Waals surface area contributed by atoms with Crippen LogP contribution in [-0.2, 0) is 4.79 Å². The molecule has 1 fully saturated rings. The van der Waals surface area contributed by atoms with E-state index in [1.807, 2.05) is 0 Å². The minimum absolute atomic E-state index is 0.0249. The van der Waals surface area contributed by atoms with E-state index < -0.39 is 0 Å². The molecule has 0 spiro atoms. The maximum Gasteiger partial charge on any atom is 0.257 e. The first kappa shape index (κ1) is 18.9. The largest absolute Gasteiger partial charge is 0.496 e. The Kier molecular flexibility index (Phi) is 7.18. The minimum atomic E-state index is -0.0960. The summed E-state index contributed by atoms with van der Waals surface area (Å²) in [4.78, 5) is 26.2. The number of carbonyl (C=O) groups is 2. The fourth-order valence-corrected chi connectivity index (χ4v) is 3.08. The number of ether oxygens (including phenoxy) is 1. The molecule has 1 aromatic carbocycles. The van der Waals surface area contributed by atoms with Gasteiger partial charge in [0, 0.05) is 36.5 Å². The van der Waals surface area contributed by atoms with Crippen LogP contribution in [0.3, 0.4) is 0 Å². The Labute approximate surface area is 152 Å². The normalized spacial score (nSPS) is 15.2. The van der Waals surface area contributed by atoms with Gasteiger partial charge in [0.15, 0.2) is 0 Å². The molecular weight excluding hydrogens is 351 g/mol. The predicted octanol–water partition coefficient (Wildman–Crippen LogP) is 3.09. The van der Waals surface area contributed by atoms with Gasteiger partial charge >= 0.3 is 0 Å². The number of alkyl halides is 1. The standard InChI is InChI=1S/C17H22Cl2N2O3/c1-24-15-5-4-12(19)11-14(15)17(23)21-9-6-13(7-10-21)20-16(22)3-2-8-18/h4-5,11,13H,2-3,6-10H2,1H3,(H,20,22). The van der Waals surface area contributed by atoms with Crippen LogP contribution in [0, 0.1) is 0 Å². The topological polar surface area (TPSA) is 58.6 Å². The number of carbonyl (C=O) groups excluding carboxylic acids is 2.